The zero-order valence-electron chi connectivity index (χ0n) is 13.5. The van der Waals surface area contributed by atoms with Crippen molar-refractivity contribution >= 4 is 22.7 Å². The Morgan fingerprint density at radius 3 is 2.40 bits per heavy atom. The Hall–Kier alpha value is -2.97. The van der Waals surface area contributed by atoms with Crippen LogP contribution in [0.25, 0.3) is 11.0 Å². The number of aromatic nitrogens is 4. The van der Waals surface area contributed by atoms with Gasteiger partial charge in [-0.05, 0) is 12.1 Å². The predicted octanol–water partition coefficient (Wildman–Crippen LogP) is 1.26. The number of anilines is 2. The largest absolute Gasteiger partial charge is 0.363 e. The summed E-state index contributed by atoms with van der Waals surface area (Å²) in [6.45, 7) is 1.82. The molecular weight excluding hydrogens is 330 g/mol. The number of hydrogen-bond acceptors (Lipinski definition) is 5. The fourth-order valence-corrected chi connectivity index (χ4v) is 3.10. The molecule has 7 nitrogen and oxygen atoms in total. The van der Waals surface area contributed by atoms with E-state index >= 15 is 0 Å². The van der Waals surface area contributed by atoms with E-state index < -0.39 is 11.6 Å². The summed E-state index contributed by atoms with van der Waals surface area (Å²) >= 11 is 0. The molecule has 2 aromatic heterocycles. The molecule has 25 heavy (non-hydrogen) atoms. The smallest absolute Gasteiger partial charge is 0.263 e. The van der Waals surface area contributed by atoms with Gasteiger partial charge in [-0.25, -0.2) is 8.78 Å². The molecule has 3 aromatic rings. The minimum Gasteiger partial charge on any atom is -0.363 e. The second-order valence-corrected chi connectivity index (χ2v) is 5.94. The zero-order valence-corrected chi connectivity index (χ0v) is 13.5. The van der Waals surface area contributed by atoms with Crippen molar-refractivity contribution in [2.75, 3.05) is 36.0 Å². The standard InChI is InChI=1S/C16H16F2N6O/c1-22-14-10(9-19-22)15(25)21-16(20-14)24-7-5-23(6-8-24)13-11(17)3-2-4-12(13)18/h2-4,9H,5-8H2,1H3,(H,20,21,25). The Morgan fingerprint density at radius 1 is 1.08 bits per heavy atom. The molecule has 0 unspecified atom stereocenters. The van der Waals surface area contributed by atoms with Crippen LogP contribution in [-0.2, 0) is 7.05 Å². The fraction of sp³-hybridized carbons (Fsp3) is 0.312. The first kappa shape index (κ1) is 15.6. The number of hydrogen-bond donors (Lipinski definition) is 1. The highest BCUT2D eigenvalue weighted by Crippen LogP contribution is 2.25. The highest BCUT2D eigenvalue weighted by molar-refractivity contribution is 5.74. The summed E-state index contributed by atoms with van der Waals surface area (Å²) in [5.41, 5.74) is 0.239. The minimum atomic E-state index is -0.573. The summed E-state index contributed by atoms with van der Waals surface area (Å²) in [5, 5.41) is 4.47. The SMILES string of the molecule is Cn1ncc2c(=O)[nH]c(N3CCN(c4c(F)cccc4F)CC3)nc21. The van der Waals surface area contributed by atoms with Crippen molar-refractivity contribution in [1.82, 2.24) is 19.7 Å². The highest BCUT2D eigenvalue weighted by atomic mass is 19.1. The molecule has 1 fully saturated rings. The number of benzene rings is 1. The van der Waals surface area contributed by atoms with Gasteiger partial charge in [0.2, 0.25) is 5.95 Å². The third-order valence-corrected chi connectivity index (χ3v) is 4.42. The lowest BCUT2D eigenvalue weighted by atomic mass is 10.2. The van der Waals surface area contributed by atoms with Gasteiger partial charge in [0, 0.05) is 33.2 Å². The number of rotatable bonds is 2. The third kappa shape index (κ3) is 2.61. The molecule has 0 spiro atoms. The lowest BCUT2D eigenvalue weighted by molar-refractivity contribution is 0.554. The molecular formula is C16H16F2N6O. The van der Waals surface area contributed by atoms with Gasteiger partial charge in [-0.3, -0.25) is 14.5 Å². The van der Waals surface area contributed by atoms with Gasteiger partial charge in [-0.15, -0.1) is 0 Å². The van der Waals surface area contributed by atoms with E-state index in [1.165, 1.54) is 24.4 Å². The van der Waals surface area contributed by atoms with Crippen molar-refractivity contribution in [3.63, 3.8) is 0 Å². The van der Waals surface area contributed by atoms with Crippen LogP contribution in [0.2, 0.25) is 0 Å². The quantitative estimate of drug-likeness (QED) is 0.757. The Bertz CT molecular complexity index is 970. The Balaban J connectivity index is 1.58. The molecule has 1 aliphatic heterocycles. The second kappa shape index (κ2) is 5.83. The fourth-order valence-electron chi connectivity index (χ4n) is 3.10. The van der Waals surface area contributed by atoms with E-state index in [9.17, 15) is 13.6 Å². The first-order valence-corrected chi connectivity index (χ1v) is 7.90. The van der Waals surface area contributed by atoms with Crippen LogP contribution in [0.4, 0.5) is 20.4 Å². The van der Waals surface area contributed by atoms with Crippen LogP contribution in [0.5, 0.6) is 0 Å². The van der Waals surface area contributed by atoms with Crippen LogP contribution in [0, 0.1) is 11.6 Å². The molecule has 9 heteroatoms. The summed E-state index contributed by atoms with van der Waals surface area (Å²) in [5.74, 6) is -0.706. The number of halogens is 2. The van der Waals surface area contributed by atoms with Crippen molar-refractivity contribution in [3.8, 4) is 0 Å². The van der Waals surface area contributed by atoms with E-state index in [4.69, 9.17) is 0 Å². The van der Waals surface area contributed by atoms with Gasteiger partial charge in [-0.2, -0.15) is 10.1 Å². The number of nitrogens with one attached hydrogen (secondary N) is 1. The molecule has 1 aromatic carbocycles. The number of nitrogens with zero attached hydrogens (tertiary/aromatic N) is 5. The number of fused-ring (bicyclic) bond motifs is 1. The van der Waals surface area contributed by atoms with Crippen LogP contribution in [0.15, 0.2) is 29.2 Å². The number of para-hydroxylation sites is 1. The van der Waals surface area contributed by atoms with Gasteiger partial charge in [0.25, 0.3) is 5.56 Å². The van der Waals surface area contributed by atoms with Crippen molar-refractivity contribution < 1.29 is 8.78 Å². The molecule has 3 heterocycles. The van der Waals surface area contributed by atoms with Gasteiger partial charge in [0.1, 0.15) is 22.7 Å². The predicted molar refractivity (Wildman–Crippen MR) is 89.9 cm³/mol. The van der Waals surface area contributed by atoms with Crippen LogP contribution in [-0.4, -0.2) is 45.9 Å². The van der Waals surface area contributed by atoms with E-state index in [1.54, 1.807) is 16.6 Å². The van der Waals surface area contributed by atoms with Crippen LogP contribution < -0.4 is 15.4 Å². The highest BCUT2D eigenvalue weighted by Gasteiger charge is 2.24. The first-order valence-electron chi connectivity index (χ1n) is 7.90. The number of aryl methyl sites for hydroxylation is 1. The van der Waals surface area contributed by atoms with Gasteiger partial charge in [0.05, 0.1) is 6.20 Å². The minimum absolute atomic E-state index is 0.00862. The van der Waals surface area contributed by atoms with Crippen LogP contribution in [0.3, 0.4) is 0 Å². The summed E-state index contributed by atoms with van der Waals surface area (Å²) < 4.78 is 29.4. The maximum absolute atomic E-state index is 13.9. The summed E-state index contributed by atoms with van der Waals surface area (Å²) in [6, 6.07) is 3.85. The van der Waals surface area contributed by atoms with E-state index in [2.05, 4.69) is 15.1 Å². The van der Waals surface area contributed by atoms with Gasteiger partial charge >= 0.3 is 0 Å². The summed E-state index contributed by atoms with van der Waals surface area (Å²) in [4.78, 5) is 22.9. The van der Waals surface area contributed by atoms with Gasteiger partial charge < -0.3 is 9.80 Å². The molecule has 4 rings (SSSR count). The van der Waals surface area contributed by atoms with E-state index in [-0.39, 0.29) is 11.2 Å². The molecule has 0 radical (unpaired) electrons. The molecule has 0 atom stereocenters. The molecule has 1 aliphatic rings. The normalized spacial score (nSPS) is 15.2. The topological polar surface area (TPSA) is 70.1 Å². The first-order chi connectivity index (χ1) is 12.0. The Labute approximate surface area is 141 Å². The number of piperazine rings is 1. The molecule has 0 amide bonds. The molecule has 0 aliphatic carbocycles. The van der Waals surface area contributed by atoms with Gasteiger partial charge in [0.15, 0.2) is 5.65 Å². The van der Waals surface area contributed by atoms with E-state index in [1.807, 2.05) is 4.90 Å². The van der Waals surface area contributed by atoms with Crippen molar-refractivity contribution in [2.24, 2.45) is 7.05 Å². The Morgan fingerprint density at radius 2 is 1.72 bits per heavy atom. The van der Waals surface area contributed by atoms with E-state index in [0.29, 0.717) is 43.2 Å². The average molecular weight is 346 g/mol. The Kier molecular flexibility index (Phi) is 3.63. The maximum atomic E-state index is 13.9. The van der Waals surface area contributed by atoms with Gasteiger partial charge in [-0.1, -0.05) is 6.07 Å². The van der Waals surface area contributed by atoms with Crippen LogP contribution >= 0.6 is 0 Å². The average Bonchev–Trinajstić information content (AvgIpc) is 2.97. The maximum Gasteiger partial charge on any atom is 0.263 e. The molecule has 0 saturated carbocycles. The monoisotopic (exact) mass is 346 g/mol. The molecule has 0 bridgehead atoms. The number of H-pyrrole nitrogens is 1. The second-order valence-electron chi connectivity index (χ2n) is 5.94. The number of aromatic amines is 1. The van der Waals surface area contributed by atoms with Crippen molar-refractivity contribution in [3.05, 3.63) is 46.4 Å². The summed E-state index contributed by atoms with van der Waals surface area (Å²) in [7, 11) is 1.72. The molecule has 1 N–H and O–H groups in total. The lowest BCUT2D eigenvalue weighted by Crippen LogP contribution is -2.48. The third-order valence-electron chi connectivity index (χ3n) is 4.42. The summed E-state index contributed by atoms with van der Waals surface area (Å²) in [6.07, 6.45) is 1.48. The van der Waals surface area contributed by atoms with Crippen molar-refractivity contribution in [2.45, 2.75) is 0 Å². The zero-order chi connectivity index (χ0) is 17.6. The van der Waals surface area contributed by atoms with Crippen molar-refractivity contribution in [1.29, 1.82) is 0 Å². The lowest BCUT2D eigenvalue weighted by Gasteiger charge is -2.36. The van der Waals surface area contributed by atoms with Crippen LogP contribution in [0.1, 0.15) is 0 Å². The van der Waals surface area contributed by atoms with E-state index in [0.717, 1.165) is 0 Å². The molecule has 1 saturated heterocycles. The molecule has 130 valence electrons.